The molecular weight excluding hydrogens is 228 g/mol. The molecule has 90 valence electrons. The molecule has 1 aliphatic rings. The molecule has 0 fully saturated rings. The Hall–Kier alpha value is -2.27. The average molecular weight is 240 g/mol. The number of nitrogens with one attached hydrogen (secondary N) is 1. The maximum absolute atomic E-state index is 11.3. The maximum Gasteiger partial charge on any atom is 0.228 e. The minimum Gasteiger partial charge on any atom is -0.326 e. The Bertz CT molecular complexity index is 624. The third-order valence-corrected chi connectivity index (χ3v) is 2.96. The van der Waals surface area contributed by atoms with E-state index in [0.29, 0.717) is 13.0 Å². The van der Waals surface area contributed by atoms with E-state index in [2.05, 4.69) is 15.3 Å². The molecule has 0 saturated carbocycles. The summed E-state index contributed by atoms with van der Waals surface area (Å²) in [7, 11) is 0. The van der Waals surface area contributed by atoms with Crippen molar-refractivity contribution in [2.24, 2.45) is 5.73 Å². The Morgan fingerprint density at radius 3 is 3.00 bits per heavy atom. The summed E-state index contributed by atoms with van der Waals surface area (Å²) in [4.78, 5) is 19.6. The summed E-state index contributed by atoms with van der Waals surface area (Å²) in [6.07, 6.45) is 1.94. The Kier molecular flexibility index (Phi) is 2.53. The zero-order chi connectivity index (χ0) is 12.5. The van der Waals surface area contributed by atoms with Crippen LogP contribution in [-0.4, -0.2) is 15.9 Å². The normalized spacial score (nSPS) is 13.3. The molecule has 0 spiro atoms. The van der Waals surface area contributed by atoms with Crippen molar-refractivity contribution in [1.82, 2.24) is 9.97 Å². The van der Waals surface area contributed by atoms with Crippen LogP contribution >= 0.6 is 0 Å². The number of benzene rings is 1. The molecule has 0 radical (unpaired) electrons. The van der Waals surface area contributed by atoms with Crippen LogP contribution in [-0.2, 0) is 17.8 Å². The second kappa shape index (κ2) is 4.19. The van der Waals surface area contributed by atoms with Crippen LogP contribution in [0.3, 0.4) is 0 Å². The number of fused-ring (bicyclic) bond motifs is 1. The Balaban J connectivity index is 2.02. The van der Waals surface area contributed by atoms with E-state index in [0.717, 1.165) is 28.2 Å². The summed E-state index contributed by atoms with van der Waals surface area (Å²) < 4.78 is 0. The van der Waals surface area contributed by atoms with Crippen LogP contribution in [0.2, 0.25) is 0 Å². The van der Waals surface area contributed by atoms with Gasteiger partial charge in [-0.1, -0.05) is 6.07 Å². The van der Waals surface area contributed by atoms with Gasteiger partial charge in [0.25, 0.3) is 0 Å². The molecule has 0 atom stereocenters. The minimum atomic E-state index is 0.0347. The fraction of sp³-hybridized carbons (Fsp3) is 0.154. The maximum atomic E-state index is 11.3. The number of nitrogens with two attached hydrogens (primary N) is 1. The molecule has 2 heterocycles. The van der Waals surface area contributed by atoms with Crippen LogP contribution < -0.4 is 11.1 Å². The van der Waals surface area contributed by atoms with Crippen LogP contribution in [0.1, 0.15) is 11.3 Å². The smallest absolute Gasteiger partial charge is 0.228 e. The fourth-order valence-corrected chi connectivity index (χ4v) is 2.06. The fourth-order valence-electron chi connectivity index (χ4n) is 2.06. The summed E-state index contributed by atoms with van der Waals surface area (Å²) in [6, 6.07) is 7.69. The molecule has 1 aliphatic heterocycles. The number of amides is 1. The van der Waals surface area contributed by atoms with Crippen molar-refractivity contribution >= 4 is 11.6 Å². The molecule has 3 rings (SSSR count). The van der Waals surface area contributed by atoms with Gasteiger partial charge in [0.2, 0.25) is 5.91 Å². The van der Waals surface area contributed by atoms with Gasteiger partial charge in [-0.3, -0.25) is 4.79 Å². The summed E-state index contributed by atoms with van der Waals surface area (Å²) in [5.41, 5.74) is 10.1. The van der Waals surface area contributed by atoms with E-state index < -0.39 is 0 Å². The number of rotatable bonds is 2. The lowest BCUT2D eigenvalue weighted by Gasteiger charge is -2.04. The third kappa shape index (κ3) is 1.84. The number of nitrogens with zero attached hydrogens (tertiary/aromatic N) is 2. The van der Waals surface area contributed by atoms with Crippen LogP contribution in [0.4, 0.5) is 5.69 Å². The summed E-state index contributed by atoms with van der Waals surface area (Å²) in [5.74, 6) is 0.0347. The molecule has 5 heteroatoms. The topological polar surface area (TPSA) is 80.9 Å². The SMILES string of the molecule is NCc1cc(-c2ccc3c(c2)CC(=O)N3)ncn1. The number of carbonyl (C=O) groups excluding carboxylic acids is 1. The zero-order valence-electron chi connectivity index (χ0n) is 9.68. The van der Waals surface area contributed by atoms with E-state index >= 15 is 0 Å². The van der Waals surface area contributed by atoms with Crippen molar-refractivity contribution in [1.29, 1.82) is 0 Å². The summed E-state index contributed by atoms with van der Waals surface area (Å²) >= 11 is 0. The highest BCUT2D eigenvalue weighted by molar-refractivity contribution is 5.99. The molecule has 1 aromatic carbocycles. The predicted octanol–water partition coefficient (Wildman–Crippen LogP) is 1.10. The number of anilines is 1. The summed E-state index contributed by atoms with van der Waals surface area (Å²) in [6.45, 7) is 0.389. The summed E-state index contributed by atoms with van der Waals surface area (Å²) in [5, 5.41) is 2.81. The number of hydrogen-bond acceptors (Lipinski definition) is 4. The molecule has 0 unspecified atom stereocenters. The number of carbonyl (C=O) groups is 1. The number of aromatic nitrogens is 2. The zero-order valence-corrected chi connectivity index (χ0v) is 9.68. The van der Waals surface area contributed by atoms with Crippen LogP contribution in [0, 0.1) is 0 Å². The second-order valence-corrected chi connectivity index (χ2v) is 4.20. The van der Waals surface area contributed by atoms with E-state index in [-0.39, 0.29) is 5.91 Å². The molecule has 2 aromatic rings. The lowest BCUT2D eigenvalue weighted by molar-refractivity contribution is -0.115. The Labute approximate surface area is 104 Å². The van der Waals surface area contributed by atoms with Crippen molar-refractivity contribution in [3.63, 3.8) is 0 Å². The molecular formula is C13H12N4O. The highest BCUT2D eigenvalue weighted by Gasteiger charge is 2.17. The monoisotopic (exact) mass is 240 g/mol. The van der Waals surface area contributed by atoms with Crippen molar-refractivity contribution < 1.29 is 4.79 Å². The van der Waals surface area contributed by atoms with Crippen molar-refractivity contribution in [2.75, 3.05) is 5.32 Å². The molecule has 1 aromatic heterocycles. The van der Waals surface area contributed by atoms with E-state index in [4.69, 9.17) is 5.73 Å². The van der Waals surface area contributed by atoms with Crippen LogP contribution in [0.25, 0.3) is 11.3 Å². The van der Waals surface area contributed by atoms with Crippen molar-refractivity contribution in [2.45, 2.75) is 13.0 Å². The predicted molar refractivity (Wildman–Crippen MR) is 67.7 cm³/mol. The molecule has 0 bridgehead atoms. The van der Waals surface area contributed by atoms with E-state index in [1.165, 1.54) is 6.33 Å². The van der Waals surface area contributed by atoms with Crippen molar-refractivity contribution in [3.05, 3.63) is 41.9 Å². The molecule has 3 N–H and O–H groups in total. The highest BCUT2D eigenvalue weighted by atomic mass is 16.1. The molecule has 18 heavy (non-hydrogen) atoms. The van der Waals surface area contributed by atoms with Crippen LogP contribution in [0.5, 0.6) is 0 Å². The molecule has 1 amide bonds. The van der Waals surface area contributed by atoms with Gasteiger partial charge in [-0.25, -0.2) is 9.97 Å². The first-order valence-electron chi connectivity index (χ1n) is 5.70. The Morgan fingerprint density at radius 2 is 2.17 bits per heavy atom. The van der Waals surface area contributed by atoms with Crippen LogP contribution in [0.15, 0.2) is 30.6 Å². The lowest BCUT2D eigenvalue weighted by Crippen LogP contribution is -2.03. The standard InChI is InChI=1S/C13H12N4O/c14-6-10-5-12(16-7-15-10)8-1-2-11-9(3-8)4-13(18)17-11/h1-3,5,7H,4,6,14H2,(H,17,18). The van der Waals surface area contributed by atoms with Gasteiger partial charge in [-0.05, 0) is 23.8 Å². The van der Waals surface area contributed by atoms with Gasteiger partial charge < -0.3 is 11.1 Å². The van der Waals surface area contributed by atoms with E-state index in [9.17, 15) is 4.79 Å². The van der Waals surface area contributed by atoms with Gasteiger partial charge >= 0.3 is 0 Å². The largest absolute Gasteiger partial charge is 0.326 e. The van der Waals surface area contributed by atoms with Gasteiger partial charge in [0.05, 0.1) is 17.8 Å². The van der Waals surface area contributed by atoms with Gasteiger partial charge in [0, 0.05) is 17.8 Å². The minimum absolute atomic E-state index is 0.0347. The van der Waals surface area contributed by atoms with Crippen molar-refractivity contribution in [3.8, 4) is 11.3 Å². The number of hydrogen-bond donors (Lipinski definition) is 2. The second-order valence-electron chi connectivity index (χ2n) is 4.20. The quantitative estimate of drug-likeness (QED) is 0.823. The first-order valence-corrected chi connectivity index (χ1v) is 5.70. The lowest BCUT2D eigenvalue weighted by atomic mass is 10.1. The molecule has 0 saturated heterocycles. The van der Waals surface area contributed by atoms with Gasteiger partial charge in [-0.2, -0.15) is 0 Å². The van der Waals surface area contributed by atoms with Gasteiger partial charge in [0.15, 0.2) is 0 Å². The average Bonchev–Trinajstić information content (AvgIpc) is 2.77. The van der Waals surface area contributed by atoms with E-state index in [1.54, 1.807) is 0 Å². The first-order chi connectivity index (χ1) is 8.76. The van der Waals surface area contributed by atoms with Gasteiger partial charge in [-0.15, -0.1) is 0 Å². The molecule has 0 aliphatic carbocycles. The highest BCUT2D eigenvalue weighted by Crippen LogP contribution is 2.28. The van der Waals surface area contributed by atoms with Gasteiger partial charge in [0.1, 0.15) is 6.33 Å². The molecule has 5 nitrogen and oxygen atoms in total. The first kappa shape index (κ1) is 10.9. The Morgan fingerprint density at radius 1 is 1.28 bits per heavy atom. The van der Waals surface area contributed by atoms with E-state index in [1.807, 2.05) is 24.3 Å². The third-order valence-electron chi connectivity index (χ3n) is 2.96.